The minimum absolute atomic E-state index is 0.0316. The zero-order valence-corrected chi connectivity index (χ0v) is 19.5. The summed E-state index contributed by atoms with van der Waals surface area (Å²) in [6, 6.07) is 19.4. The molecule has 1 aliphatic rings. The van der Waals surface area contributed by atoms with E-state index in [2.05, 4.69) is 21.7 Å². The number of amides is 2. The summed E-state index contributed by atoms with van der Waals surface area (Å²) in [4.78, 5) is 31.1. The zero-order chi connectivity index (χ0) is 24.6. The Morgan fingerprint density at radius 3 is 2.29 bits per heavy atom. The van der Waals surface area contributed by atoms with E-state index in [1.165, 1.54) is 12.1 Å². The van der Waals surface area contributed by atoms with E-state index in [9.17, 15) is 14.0 Å². The molecule has 1 fully saturated rings. The molecule has 1 saturated heterocycles. The van der Waals surface area contributed by atoms with Gasteiger partial charge in [-0.1, -0.05) is 36.4 Å². The van der Waals surface area contributed by atoms with Crippen LogP contribution in [0.5, 0.6) is 0 Å². The van der Waals surface area contributed by atoms with E-state index in [-0.39, 0.29) is 30.6 Å². The van der Waals surface area contributed by atoms with Gasteiger partial charge in [-0.3, -0.25) is 9.59 Å². The van der Waals surface area contributed by atoms with Crippen molar-refractivity contribution in [2.24, 2.45) is 0 Å². The molecule has 2 heterocycles. The van der Waals surface area contributed by atoms with Crippen LogP contribution in [0.25, 0.3) is 11.3 Å². The van der Waals surface area contributed by atoms with E-state index in [1.807, 2.05) is 42.5 Å². The third-order valence-corrected chi connectivity index (χ3v) is 5.97. The topological polar surface area (TPSA) is 69.6 Å². The average molecular weight is 474 g/mol. The molecule has 4 rings (SSSR count). The summed E-state index contributed by atoms with van der Waals surface area (Å²) in [6.45, 7) is 6.40. The second kappa shape index (κ2) is 11.4. The highest BCUT2D eigenvalue weighted by molar-refractivity contribution is 5.86. The fourth-order valence-electron chi connectivity index (χ4n) is 4.01. The molecule has 0 bridgehead atoms. The second-order valence-electron chi connectivity index (χ2n) is 8.38. The molecule has 7 nitrogen and oxygen atoms in total. The summed E-state index contributed by atoms with van der Waals surface area (Å²) < 4.78 is 13.1. The van der Waals surface area contributed by atoms with Gasteiger partial charge in [0.15, 0.2) is 5.82 Å². The number of carbonyl (C=O) groups is 2. The van der Waals surface area contributed by atoms with Gasteiger partial charge in [-0.25, -0.2) is 4.39 Å². The lowest BCUT2D eigenvalue weighted by Crippen LogP contribution is -2.52. The largest absolute Gasteiger partial charge is 0.352 e. The fourth-order valence-corrected chi connectivity index (χ4v) is 4.01. The van der Waals surface area contributed by atoms with E-state index < -0.39 is 0 Å². The maximum atomic E-state index is 13.1. The first kappa shape index (κ1) is 24.1. The molecular weight excluding hydrogens is 445 g/mol. The van der Waals surface area contributed by atoms with Crippen LogP contribution in [0.4, 0.5) is 10.2 Å². The first-order chi connectivity index (χ1) is 17.0. The van der Waals surface area contributed by atoms with Crippen molar-refractivity contribution in [1.82, 2.24) is 20.0 Å². The van der Waals surface area contributed by atoms with E-state index in [4.69, 9.17) is 0 Å². The van der Waals surface area contributed by atoms with Crippen LogP contribution in [0.1, 0.15) is 5.56 Å². The lowest BCUT2D eigenvalue weighted by Gasteiger charge is -2.36. The Morgan fingerprint density at radius 1 is 0.943 bits per heavy atom. The number of nitrogens with zero attached hydrogens (tertiary/aromatic N) is 5. The summed E-state index contributed by atoms with van der Waals surface area (Å²) in [6.07, 6.45) is 1.89. The van der Waals surface area contributed by atoms with Crippen molar-refractivity contribution in [3.63, 3.8) is 0 Å². The van der Waals surface area contributed by atoms with Gasteiger partial charge in [0.2, 0.25) is 11.8 Å². The third-order valence-electron chi connectivity index (χ3n) is 5.97. The molecule has 0 unspecified atom stereocenters. The normalized spacial score (nSPS) is 13.4. The van der Waals surface area contributed by atoms with E-state index in [0.717, 1.165) is 16.9 Å². The maximum absolute atomic E-state index is 13.1. The monoisotopic (exact) mass is 473 g/mol. The van der Waals surface area contributed by atoms with Gasteiger partial charge in [-0.2, -0.15) is 0 Å². The Bertz CT molecular complexity index is 1140. The van der Waals surface area contributed by atoms with Crippen LogP contribution in [0, 0.1) is 5.82 Å². The number of hydrogen-bond donors (Lipinski definition) is 0. The summed E-state index contributed by atoms with van der Waals surface area (Å²) in [5, 5.41) is 8.59. The summed E-state index contributed by atoms with van der Waals surface area (Å²) in [5.41, 5.74) is 2.39. The van der Waals surface area contributed by atoms with Crippen LogP contribution in [0.15, 0.2) is 79.4 Å². The third kappa shape index (κ3) is 6.29. The number of anilines is 1. The fraction of sp³-hybridized carbons (Fsp3) is 0.259. The molecular formula is C27H28FN5O2. The lowest BCUT2D eigenvalue weighted by molar-refractivity contribution is -0.139. The highest BCUT2D eigenvalue weighted by Crippen LogP contribution is 2.20. The van der Waals surface area contributed by atoms with Crippen LogP contribution in [-0.2, 0) is 16.0 Å². The number of benzene rings is 2. The molecule has 1 aliphatic heterocycles. The predicted molar refractivity (Wildman–Crippen MR) is 133 cm³/mol. The standard InChI is InChI=1S/C27H28FN5O2/c1-2-14-33(26(34)19-21-6-4-3-5-7-21)20-27(35)32-17-15-31(16-18-32)25-13-12-24(29-30-25)22-8-10-23(28)11-9-22/h2-13H,1,14-20H2. The van der Waals surface area contributed by atoms with Gasteiger partial charge in [-0.15, -0.1) is 16.8 Å². The molecule has 3 aromatic rings. The predicted octanol–water partition coefficient (Wildman–Crippen LogP) is 3.19. The molecule has 0 N–H and O–H groups in total. The number of rotatable bonds is 8. The van der Waals surface area contributed by atoms with Gasteiger partial charge in [0, 0.05) is 38.3 Å². The highest BCUT2D eigenvalue weighted by atomic mass is 19.1. The molecule has 2 aromatic carbocycles. The number of hydrogen-bond acceptors (Lipinski definition) is 5. The summed E-state index contributed by atoms with van der Waals surface area (Å²) in [5.74, 6) is 0.262. The SMILES string of the molecule is C=CCN(CC(=O)N1CCN(c2ccc(-c3ccc(F)cc3)nn2)CC1)C(=O)Cc1ccccc1. The first-order valence-electron chi connectivity index (χ1n) is 11.6. The smallest absolute Gasteiger partial charge is 0.242 e. The highest BCUT2D eigenvalue weighted by Gasteiger charge is 2.25. The van der Waals surface area contributed by atoms with Crippen LogP contribution in [-0.4, -0.2) is 71.1 Å². The van der Waals surface area contributed by atoms with Crippen molar-refractivity contribution in [3.8, 4) is 11.3 Å². The van der Waals surface area contributed by atoms with Crippen molar-refractivity contribution >= 4 is 17.6 Å². The average Bonchev–Trinajstić information content (AvgIpc) is 2.89. The van der Waals surface area contributed by atoms with Crippen LogP contribution < -0.4 is 4.90 Å². The Balaban J connectivity index is 1.31. The number of piperazine rings is 1. The lowest BCUT2D eigenvalue weighted by atomic mass is 10.1. The van der Waals surface area contributed by atoms with Crippen LogP contribution in [0.2, 0.25) is 0 Å². The van der Waals surface area contributed by atoms with Crippen molar-refractivity contribution in [2.75, 3.05) is 44.2 Å². The maximum Gasteiger partial charge on any atom is 0.242 e. The molecule has 1 aromatic heterocycles. The molecule has 8 heteroatoms. The molecule has 0 saturated carbocycles. The van der Waals surface area contributed by atoms with E-state index >= 15 is 0 Å². The van der Waals surface area contributed by atoms with Gasteiger partial charge in [-0.05, 0) is 42.0 Å². The Kier molecular flexibility index (Phi) is 7.82. The van der Waals surface area contributed by atoms with Crippen LogP contribution >= 0.6 is 0 Å². The Morgan fingerprint density at radius 2 is 1.66 bits per heavy atom. The van der Waals surface area contributed by atoms with Gasteiger partial charge in [0.05, 0.1) is 12.1 Å². The molecule has 180 valence electrons. The second-order valence-corrected chi connectivity index (χ2v) is 8.38. The van der Waals surface area contributed by atoms with Crippen molar-refractivity contribution < 1.29 is 14.0 Å². The Labute approximate surface area is 204 Å². The zero-order valence-electron chi connectivity index (χ0n) is 19.5. The van der Waals surface area contributed by atoms with E-state index in [0.29, 0.717) is 38.4 Å². The minimum atomic E-state index is -0.293. The van der Waals surface area contributed by atoms with Gasteiger partial charge < -0.3 is 14.7 Å². The molecule has 0 spiro atoms. The van der Waals surface area contributed by atoms with Crippen molar-refractivity contribution in [1.29, 1.82) is 0 Å². The minimum Gasteiger partial charge on any atom is -0.352 e. The summed E-state index contributed by atoms with van der Waals surface area (Å²) >= 11 is 0. The van der Waals surface area contributed by atoms with E-state index in [1.54, 1.807) is 28.0 Å². The molecule has 0 radical (unpaired) electrons. The van der Waals surface area contributed by atoms with Gasteiger partial charge in [0.1, 0.15) is 12.4 Å². The summed E-state index contributed by atoms with van der Waals surface area (Å²) in [7, 11) is 0. The van der Waals surface area contributed by atoms with Crippen LogP contribution in [0.3, 0.4) is 0 Å². The Hall–Kier alpha value is -4.07. The van der Waals surface area contributed by atoms with Crippen molar-refractivity contribution in [3.05, 3.63) is 90.8 Å². The number of carbonyl (C=O) groups excluding carboxylic acids is 2. The molecule has 0 atom stereocenters. The first-order valence-corrected chi connectivity index (χ1v) is 11.6. The number of halogens is 1. The van der Waals surface area contributed by atoms with Crippen molar-refractivity contribution in [2.45, 2.75) is 6.42 Å². The van der Waals surface area contributed by atoms with Gasteiger partial charge in [0.25, 0.3) is 0 Å². The number of aromatic nitrogens is 2. The quantitative estimate of drug-likeness (QED) is 0.470. The molecule has 35 heavy (non-hydrogen) atoms. The molecule has 0 aliphatic carbocycles. The van der Waals surface area contributed by atoms with Gasteiger partial charge >= 0.3 is 0 Å². The molecule has 2 amide bonds.